The maximum Gasteiger partial charge on any atom is 0.573 e. The van der Waals surface area contributed by atoms with Gasteiger partial charge in [0.15, 0.2) is 0 Å². The molecule has 1 aliphatic rings. The molecule has 1 heterocycles. The predicted molar refractivity (Wildman–Crippen MR) is 130 cm³/mol. The van der Waals surface area contributed by atoms with E-state index in [9.17, 15) is 22.8 Å². The molecule has 0 saturated heterocycles. The van der Waals surface area contributed by atoms with Crippen LogP contribution in [0.15, 0.2) is 59.4 Å². The van der Waals surface area contributed by atoms with Gasteiger partial charge in [0.2, 0.25) is 0 Å². The van der Waals surface area contributed by atoms with Gasteiger partial charge < -0.3 is 14.0 Å². The number of halogens is 4. The molecule has 0 bridgehead atoms. The van der Waals surface area contributed by atoms with Gasteiger partial charge in [-0.3, -0.25) is 4.79 Å². The van der Waals surface area contributed by atoms with Crippen LogP contribution in [0.3, 0.4) is 0 Å². The zero-order chi connectivity index (χ0) is 25.9. The van der Waals surface area contributed by atoms with Crippen molar-refractivity contribution in [2.75, 3.05) is 7.11 Å². The number of ether oxygens (including phenoxy) is 2. The number of nitrogens with zero attached hydrogens (tertiary/aromatic N) is 1. The van der Waals surface area contributed by atoms with E-state index in [4.69, 9.17) is 16.3 Å². The number of carbonyl (C=O) groups is 1. The van der Waals surface area contributed by atoms with Crippen LogP contribution in [0.4, 0.5) is 13.2 Å². The Morgan fingerprint density at radius 3 is 2.39 bits per heavy atom. The van der Waals surface area contributed by atoms with Crippen molar-refractivity contribution in [1.29, 1.82) is 0 Å². The fourth-order valence-electron chi connectivity index (χ4n) is 4.28. The standard InChI is InChI=1S/C27H25ClF3NO4/c1-35-26(34)20-8-5-17(6-9-20)13-14-32-24(22(19-10-11-19)16-23(28)25(32)33)12-7-18-3-2-4-21(15-18)36-27(29,30)31/h2-6,8-9,15-16,19H,7,10-14H2,1H3. The van der Waals surface area contributed by atoms with Crippen molar-refractivity contribution < 1.29 is 27.4 Å². The van der Waals surface area contributed by atoms with Crippen molar-refractivity contribution in [2.24, 2.45) is 0 Å². The summed E-state index contributed by atoms with van der Waals surface area (Å²) in [5.41, 5.74) is 3.62. The minimum Gasteiger partial charge on any atom is -0.465 e. The normalized spacial score (nSPS) is 13.5. The first kappa shape index (κ1) is 25.8. The molecule has 0 N–H and O–H groups in total. The second kappa shape index (κ2) is 10.8. The van der Waals surface area contributed by atoms with Crippen molar-refractivity contribution in [2.45, 2.75) is 50.9 Å². The molecule has 4 rings (SSSR count). The molecule has 3 aromatic rings. The van der Waals surface area contributed by atoms with Crippen LogP contribution >= 0.6 is 11.6 Å². The third-order valence-electron chi connectivity index (χ3n) is 6.19. The molecule has 9 heteroatoms. The van der Waals surface area contributed by atoms with Gasteiger partial charge in [0.1, 0.15) is 10.8 Å². The lowest BCUT2D eigenvalue weighted by Crippen LogP contribution is -2.27. The van der Waals surface area contributed by atoms with Crippen LogP contribution in [0.2, 0.25) is 5.02 Å². The van der Waals surface area contributed by atoms with E-state index in [-0.39, 0.29) is 16.3 Å². The van der Waals surface area contributed by atoms with E-state index in [1.165, 1.54) is 25.3 Å². The quantitative estimate of drug-likeness (QED) is 0.321. The lowest BCUT2D eigenvalue weighted by atomic mass is 10.0. The summed E-state index contributed by atoms with van der Waals surface area (Å²) in [6, 6.07) is 14.6. The molecule has 1 fully saturated rings. The Bertz CT molecular complexity index is 1300. The van der Waals surface area contributed by atoms with Gasteiger partial charge in [-0.2, -0.15) is 0 Å². The second-order valence-electron chi connectivity index (χ2n) is 8.76. The number of aryl methyl sites for hydroxylation is 2. The number of esters is 1. The van der Waals surface area contributed by atoms with Gasteiger partial charge in [-0.15, -0.1) is 13.2 Å². The molecule has 0 radical (unpaired) electrons. The van der Waals surface area contributed by atoms with Crippen molar-refractivity contribution in [3.05, 3.63) is 97.9 Å². The molecule has 0 aliphatic heterocycles. The van der Waals surface area contributed by atoms with E-state index in [2.05, 4.69) is 4.74 Å². The molecule has 1 aromatic heterocycles. The molecule has 0 spiro atoms. The summed E-state index contributed by atoms with van der Waals surface area (Å²) < 4.78 is 48.3. The largest absolute Gasteiger partial charge is 0.573 e. The monoisotopic (exact) mass is 519 g/mol. The van der Waals surface area contributed by atoms with E-state index >= 15 is 0 Å². The first-order valence-electron chi connectivity index (χ1n) is 11.6. The van der Waals surface area contributed by atoms with Crippen LogP contribution in [0.25, 0.3) is 0 Å². The number of carbonyl (C=O) groups excluding carboxylic acids is 1. The van der Waals surface area contributed by atoms with E-state index in [0.29, 0.717) is 42.9 Å². The fraction of sp³-hybridized carbons (Fsp3) is 0.333. The van der Waals surface area contributed by atoms with Gasteiger partial charge in [0.25, 0.3) is 5.56 Å². The van der Waals surface area contributed by atoms with Crippen molar-refractivity contribution in [3.8, 4) is 5.75 Å². The summed E-state index contributed by atoms with van der Waals surface area (Å²) in [6.45, 7) is 0.378. The van der Waals surface area contributed by atoms with Crippen LogP contribution in [0, 0.1) is 0 Å². The number of methoxy groups -OCH3 is 1. The van der Waals surface area contributed by atoms with Gasteiger partial charge in [-0.05, 0) is 85.0 Å². The Morgan fingerprint density at radius 1 is 1.03 bits per heavy atom. The summed E-state index contributed by atoms with van der Waals surface area (Å²) in [5.74, 6) is -0.372. The zero-order valence-electron chi connectivity index (χ0n) is 19.6. The number of hydrogen-bond acceptors (Lipinski definition) is 4. The van der Waals surface area contributed by atoms with Crippen LogP contribution in [-0.2, 0) is 30.5 Å². The van der Waals surface area contributed by atoms with Crippen molar-refractivity contribution in [1.82, 2.24) is 4.57 Å². The van der Waals surface area contributed by atoms with E-state index in [1.807, 2.05) is 12.1 Å². The third kappa shape index (κ3) is 6.49. The van der Waals surface area contributed by atoms with Crippen LogP contribution in [0.1, 0.15) is 51.5 Å². The maximum atomic E-state index is 13.0. The van der Waals surface area contributed by atoms with E-state index in [1.54, 1.807) is 28.8 Å². The molecular weight excluding hydrogens is 495 g/mol. The minimum atomic E-state index is -4.76. The highest BCUT2D eigenvalue weighted by molar-refractivity contribution is 6.30. The molecule has 0 atom stereocenters. The Kier molecular flexibility index (Phi) is 7.73. The second-order valence-corrected chi connectivity index (χ2v) is 9.17. The fourth-order valence-corrected chi connectivity index (χ4v) is 4.50. The topological polar surface area (TPSA) is 57.5 Å². The molecule has 5 nitrogen and oxygen atoms in total. The van der Waals surface area contributed by atoms with Gasteiger partial charge in [-0.1, -0.05) is 35.9 Å². The predicted octanol–water partition coefficient (Wildman–Crippen LogP) is 6.09. The van der Waals surface area contributed by atoms with Gasteiger partial charge in [0, 0.05) is 12.2 Å². The lowest BCUT2D eigenvalue weighted by molar-refractivity contribution is -0.274. The van der Waals surface area contributed by atoms with Crippen molar-refractivity contribution in [3.63, 3.8) is 0 Å². The number of benzene rings is 2. The Hall–Kier alpha value is -3.26. The summed E-state index contributed by atoms with van der Waals surface area (Å²) >= 11 is 6.31. The number of pyridine rings is 1. The Morgan fingerprint density at radius 2 is 1.75 bits per heavy atom. The molecule has 0 unspecified atom stereocenters. The number of hydrogen-bond donors (Lipinski definition) is 0. The molecule has 2 aromatic carbocycles. The summed E-state index contributed by atoms with van der Waals surface area (Å²) in [6.07, 6.45) is -1.31. The number of aromatic nitrogens is 1. The smallest absolute Gasteiger partial charge is 0.465 e. The number of alkyl halides is 3. The molecular formula is C27H25ClF3NO4. The average molecular weight is 520 g/mol. The molecule has 190 valence electrons. The van der Waals surface area contributed by atoms with Gasteiger partial charge in [-0.25, -0.2) is 4.79 Å². The summed E-state index contributed by atoms with van der Waals surface area (Å²) in [4.78, 5) is 24.7. The highest BCUT2D eigenvalue weighted by atomic mass is 35.5. The van der Waals surface area contributed by atoms with E-state index in [0.717, 1.165) is 29.7 Å². The lowest BCUT2D eigenvalue weighted by Gasteiger charge is -2.18. The average Bonchev–Trinajstić information content (AvgIpc) is 3.68. The summed E-state index contributed by atoms with van der Waals surface area (Å²) in [7, 11) is 1.32. The SMILES string of the molecule is COC(=O)c1ccc(CCn2c(CCc3cccc(OC(F)(F)F)c3)c(C3CC3)cc(Cl)c2=O)cc1. The van der Waals surface area contributed by atoms with Gasteiger partial charge in [0.05, 0.1) is 12.7 Å². The maximum absolute atomic E-state index is 13.0. The number of rotatable bonds is 9. The van der Waals surface area contributed by atoms with Crippen LogP contribution in [-0.4, -0.2) is 24.0 Å². The highest BCUT2D eigenvalue weighted by Crippen LogP contribution is 2.42. The van der Waals surface area contributed by atoms with Gasteiger partial charge >= 0.3 is 12.3 Å². The van der Waals surface area contributed by atoms with Crippen LogP contribution in [0.5, 0.6) is 5.75 Å². The van der Waals surface area contributed by atoms with Crippen molar-refractivity contribution >= 4 is 17.6 Å². The minimum absolute atomic E-state index is 0.155. The van der Waals surface area contributed by atoms with E-state index < -0.39 is 12.3 Å². The Labute approximate surface area is 211 Å². The molecule has 1 aliphatic carbocycles. The molecule has 1 saturated carbocycles. The first-order chi connectivity index (χ1) is 17.1. The summed E-state index contributed by atoms with van der Waals surface area (Å²) in [5, 5.41) is 0.155. The Balaban J connectivity index is 1.57. The third-order valence-corrected chi connectivity index (χ3v) is 6.46. The highest BCUT2D eigenvalue weighted by Gasteiger charge is 2.31. The first-order valence-corrected chi connectivity index (χ1v) is 12.0. The molecule has 0 amide bonds. The van der Waals surface area contributed by atoms with Crippen LogP contribution < -0.4 is 10.3 Å². The molecule has 36 heavy (non-hydrogen) atoms. The zero-order valence-corrected chi connectivity index (χ0v) is 20.4.